The quantitative estimate of drug-likeness (QED) is 0.887. The van der Waals surface area contributed by atoms with Crippen LogP contribution < -0.4 is 10.6 Å². The van der Waals surface area contributed by atoms with E-state index >= 15 is 0 Å². The SMILES string of the molecule is Cc1ccc(N(C)CC2(CN)CCCOC2)cc1. The molecule has 0 aliphatic carbocycles. The van der Waals surface area contributed by atoms with E-state index in [0.29, 0.717) is 6.54 Å². The molecule has 1 atom stereocenters. The molecule has 3 heteroatoms. The van der Waals surface area contributed by atoms with Crippen molar-refractivity contribution in [2.75, 3.05) is 38.3 Å². The average Bonchev–Trinajstić information content (AvgIpc) is 2.40. The Balaban J connectivity index is 2.04. The summed E-state index contributed by atoms with van der Waals surface area (Å²) >= 11 is 0. The van der Waals surface area contributed by atoms with E-state index in [-0.39, 0.29) is 5.41 Å². The Morgan fingerprint density at radius 1 is 1.33 bits per heavy atom. The third-order valence-electron chi connectivity index (χ3n) is 3.88. The third-order valence-corrected chi connectivity index (χ3v) is 3.88. The molecule has 0 amide bonds. The van der Waals surface area contributed by atoms with Gasteiger partial charge >= 0.3 is 0 Å². The molecule has 1 fully saturated rings. The zero-order valence-electron chi connectivity index (χ0n) is 11.5. The lowest BCUT2D eigenvalue weighted by atomic mass is 9.82. The van der Waals surface area contributed by atoms with E-state index in [1.54, 1.807) is 0 Å². The van der Waals surface area contributed by atoms with Crippen molar-refractivity contribution in [2.45, 2.75) is 19.8 Å². The standard InChI is InChI=1S/C15H24N2O/c1-13-4-6-14(7-5-13)17(2)11-15(10-16)8-3-9-18-12-15/h4-7H,3,8-12,16H2,1-2H3. The van der Waals surface area contributed by atoms with Gasteiger partial charge in [-0.15, -0.1) is 0 Å². The first-order valence-electron chi connectivity index (χ1n) is 6.71. The number of ether oxygens (including phenoxy) is 1. The van der Waals surface area contributed by atoms with E-state index in [4.69, 9.17) is 10.5 Å². The Morgan fingerprint density at radius 2 is 2.06 bits per heavy atom. The monoisotopic (exact) mass is 248 g/mol. The first-order valence-corrected chi connectivity index (χ1v) is 6.71. The van der Waals surface area contributed by atoms with E-state index < -0.39 is 0 Å². The van der Waals surface area contributed by atoms with Crippen LogP contribution in [0.5, 0.6) is 0 Å². The summed E-state index contributed by atoms with van der Waals surface area (Å²) in [4.78, 5) is 2.29. The lowest BCUT2D eigenvalue weighted by Crippen LogP contribution is -2.46. The maximum atomic E-state index is 5.98. The Bertz CT molecular complexity index is 369. The van der Waals surface area contributed by atoms with Crippen LogP contribution in [0.25, 0.3) is 0 Å². The van der Waals surface area contributed by atoms with Crippen LogP contribution in [0.3, 0.4) is 0 Å². The van der Waals surface area contributed by atoms with Gasteiger partial charge < -0.3 is 15.4 Å². The third kappa shape index (κ3) is 3.03. The van der Waals surface area contributed by atoms with Crippen molar-refractivity contribution in [3.63, 3.8) is 0 Å². The second-order valence-electron chi connectivity index (χ2n) is 5.55. The van der Waals surface area contributed by atoms with Gasteiger partial charge in [-0.05, 0) is 31.9 Å². The summed E-state index contributed by atoms with van der Waals surface area (Å²) in [5.74, 6) is 0. The first-order chi connectivity index (χ1) is 8.65. The fourth-order valence-electron chi connectivity index (χ4n) is 2.65. The highest BCUT2D eigenvalue weighted by atomic mass is 16.5. The minimum absolute atomic E-state index is 0.123. The number of hydrogen-bond donors (Lipinski definition) is 1. The number of rotatable bonds is 4. The lowest BCUT2D eigenvalue weighted by Gasteiger charge is -2.39. The predicted octanol–water partition coefficient (Wildman–Crippen LogP) is 2.19. The van der Waals surface area contributed by atoms with Crippen molar-refractivity contribution in [3.05, 3.63) is 29.8 Å². The summed E-state index contributed by atoms with van der Waals surface area (Å²) in [5.41, 5.74) is 8.65. The van der Waals surface area contributed by atoms with Gasteiger partial charge in [-0.1, -0.05) is 17.7 Å². The molecule has 1 heterocycles. The second kappa shape index (κ2) is 5.72. The maximum Gasteiger partial charge on any atom is 0.0551 e. The van der Waals surface area contributed by atoms with Gasteiger partial charge in [0.2, 0.25) is 0 Å². The summed E-state index contributed by atoms with van der Waals surface area (Å²) in [6.45, 7) is 5.45. The van der Waals surface area contributed by atoms with E-state index in [1.165, 1.54) is 17.7 Å². The highest BCUT2D eigenvalue weighted by Crippen LogP contribution is 2.29. The molecule has 0 bridgehead atoms. The summed E-state index contributed by atoms with van der Waals surface area (Å²) in [5, 5.41) is 0. The topological polar surface area (TPSA) is 38.5 Å². The van der Waals surface area contributed by atoms with Gasteiger partial charge in [0.05, 0.1) is 6.61 Å². The number of nitrogens with two attached hydrogens (primary N) is 1. The molecule has 0 saturated carbocycles. The van der Waals surface area contributed by atoms with Crippen LogP contribution in [0.4, 0.5) is 5.69 Å². The summed E-state index contributed by atoms with van der Waals surface area (Å²) in [6, 6.07) is 8.64. The number of benzene rings is 1. The van der Waals surface area contributed by atoms with Gasteiger partial charge in [-0.2, -0.15) is 0 Å². The molecule has 100 valence electrons. The zero-order valence-corrected chi connectivity index (χ0v) is 11.5. The van der Waals surface area contributed by atoms with Crippen molar-refractivity contribution in [3.8, 4) is 0 Å². The van der Waals surface area contributed by atoms with E-state index in [9.17, 15) is 0 Å². The molecule has 1 aliphatic heterocycles. The van der Waals surface area contributed by atoms with E-state index in [1.807, 2.05) is 0 Å². The predicted molar refractivity (Wildman–Crippen MR) is 76.0 cm³/mol. The summed E-state index contributed by atoms with van der Waals surface area (Å²) in [7, 11) is 2.14. The van der Waals surface area contributed by atoms with Gasteiger partial charge in [0.15, 0.2) is 0 Å². The molecular formula is C15H24N2O. The van der Waals surface area contributed by atoms with Crippen LogP contribution in [0.15, 0.2) is 24.3 Å². The van der Waals surface area contributed by atoms with Crippen LogP contribution in [0.2, 0.25) is 0 Å². The van der Waals surface area contributed by atoms with Gasteiger partial charge in [0.1, 0.15) is 0 Å². The highest BCUT2D eigenvalue weighted by molar-refractivity contribution is 5.47. The fraction of sp³-hybridized carbons (Fsp3) is 0.600. The number of hydrogen-bond acceptors (Lipinski definition) is 3. The molecule has 2 rings (SSSR count). The first kappa shape index (κ1) is 13.4. The number of anilines is 1. The number of nitrogens with zero attached hydrogens (tertiary/aromatic N) is 1. The van der Waals surface area contributed by atoms with Crippen molar-refractivity contribution in [1.82, 2.24) is 0 Å². The minimum Gasteiger partial charge on any atom is -0.381 e. The molecule has 1 unspecified atom stereocenters. The Morgan fingerprint density at radius 3 is 2.61 bits per heavy atom. The van der Waals surface area contributed by atoms with Crippen LogP contribution >= 0.6 is 0 Å². The molecule has 1 saturated heterocycles. The normalized spacial score (nSPS) is 23.9. The largest absolute Gasteiger partial charge is 0.381 e. The molecule has 18 heavy (non-hydrogen) atoms. The van der Waals surface area contributed by atoms with E-state index in [0.717, 1.165) is 26.2 Å². The van der Waals surface area contributed by atoms with Gasteiger partial charge in [-0.25, -0.2) is 0 Å². The van der Waals surface area contributed by atoms with Gasteiger partial charge in [0, 0.05) is 37.8 Å². The lowest BCUT2D eigenvalue weighted by molar-refractivity contribution is 0.00170. The van der Waals surface area contributed by atoms with Crippen molar-refractivity contribution < 1.29 is 4.74 Å². The molecule has 1 aromatic rings. The Labute approximate surface area is 110 Å². The summed E-state index contributed by atoms with van der Waals surface area (Å²) < 4.78 is 5.63. The fourth-order valence-corrected chi connectivity index (χ4v) is 2.65. The summed E-state index contributed by atoms with van der Waals surface area (Å²) in [6.07, 6.45) is 2.29. The zero-order chi connectivity index (χ0) is 13.0. The molecule has 0 radical (unpaired) electrons. The van der Waals surface area contributed by atoms with Crippen molar-refractivity contribution >= 4 is 5.69 Å². The van der Waals surface area contributed by atoms with Crippen LogP contribution in [-0.2, 0) is 4.74 Å². The van der Waals surface area contributed by atoms with Crippen molar-refractivity contribution in [2.24, 2.45) is 11.1 Å². The minimum atomic E-state index is 0.123. The average molecular weight is 248 g/mol. The molecular weight excluding hydrogens is 224 g/mol. The van der Waals surface area contributed by atoms with E-state index in [2.05, 4.69) is 43.1 Å². The smallest absolute Gasteiger partial charge is 0.0551 e. The molecule has 1 aliphatic rings. The Hall–Kier alpha value is -1.06. The Kier molecular flexibility index (Phi) is 4.25. The molecule has 3 nitrogen and oxygen atoms in total. The highest BCUT2D eigenvalue weighted by Gasteiger charge is 2.32. The second-order valence-corrected chi connectivity index (χ2v) is 5.55. The number of aryl methyl sites for hydroxylation is 1. The molecule has 2 N–H and O–H groups in total. The molecule has 1 aromatic carbocycles. The molecule has 0 spiro atoms. The van der Waals surface area contributed by atoms with Gasteiger partial charge in [0.25, 0.3) is 0 Å². The maximum absolute atomic E-state index is 5.98. The van der Waals surface area contributed by atoms with Crippen LogP contribution in [0.1, 0.15) is 18.4 Å². The van der Waals surface area contributed by atoms with Gasteiger partial charge in [-0.3, -0.25) is 0 Å². The van der Waals surface area contributed by atoms with Crippen molar-refractivity contribution in [1.29, 1.82) is 0 Å². The molecule has 0 aromatic heterocycles. The van der Waals surface area contributed by atoms with Crippen LogP contribution in [-0.4, -0.2) is 33.4 Å². The van der Waals surface area contributed by atoms with Crippen LogP contribution in [0, 0.1) is 12.3 Å².